The average Bonchev–Trinajstić information content (AvgIpc) is 3.09. The number of rotatable bonds is 3. The Morgan fingerprint density at radius 1 is 1.36 bits per heavy atom. The first-order valence-corrected chi connectivity index (χ1v) is 6.73. The molecule has 3 rings (SSSR count). The van der Waals surface area contributed by atoms with Crippen molar-refractivity contribution in [1.82, 2.24) is 20.0 Å². The molecule has 10 nitrogen and oxygen atoms in total. The molecule has 2 aromatic rings. The van der Waals surface area contributed by atoms with E-state index < -0.39 is 10.8 Å². The standard InChI is InChI=1S/C11H8N6O4S/c1-15-8(5-7-6-14-11(22-7)17(19)20)9(18)16(21-15)10-12-3-2-4-13-10/h2-6H,1H3/b8-5+. The summed E-state index contributed by atoms with van der Waals surface area (Å²) in [5.41, 5.74) is 0.186. The molecule has 0 radical (unpaired) electrons. The van der Waals surface area contributed by atoms with E-state index in [0.717, 1.165) is 16.4 Å². The van der Waals surface area contributed by atoms with E-state index >= 15 is 0 Å². The molecular weight excluding hydrogens is 312 g/mol. The highest BCUT2D eigenvalue weighted by Crippen LogP contribution is 2.27. The molecular formula is C11H8N6O4S. The van der Waals surface area contributed by atoms with Crippen LogP contribution in [-0.2, 0) is 9.73 Å². The number of likely N-dealkylation sites (N-methyl/N-ethyl adjacent to an activating group) is 1. The molecule has 11 heteroatoms. The Labute approximate surface area is 127 Å². The highest BCUT2D eigenvalue weighted by Gasteiger charge is 2.35. The molecule has 3 heterocycles. The normalized spacial score (nSPS) is 16.6. The molecule has 1 aliphatic heterocycles. The third kappa shape index (κ3) is 2.49. The minimum atomic E-state index is -0.590. The smallest absolute Gasteiger partial charge is 0.357 e. The first-order chi connectivity index (χ1) is 10.6. The second-order valence-electron chi connectivity index (χ2n) is 4.06. The van der Waals surface area contributed by atoms with Crippen molar-refractivity contribution in [2.45, 2.75) is 0 Å². The molecule has 0 bridgehead atoms. The maximum absolute atomic E-state index is 12.3. The van der Waals surface area contributed by atoms with Crippen LogP contribution in [0.3, 0.4) is 0 Å². The highest BCUT2D eigenvalue weighted by molar-refractivity contribution is 7.15. The van der Waals surface area contributed by atoms with E-state index in [1.165, 1.54) is 36.8 Å². The number of nitro groups is 1. The van der Waals surface area contributed by atoms with Gasteiger partial charge < -0.3 is 10.1 Å². The van der Waals surface area contributed by atoms with Crippen LogP contribution >= 0.6 is 11.3 Å². The van der Waals surface area contributed by atoms with Crippen molar-refractivity contribution >= 4 is 34.4 Å². The Bertz CT molecular complexity index is 761. The van der Waals surface area contributed by atoms with Gasteiger partial charge in [-0.1, -0.05) is 0 Å². The topological polar surface area (TPSA) is 115 Å². The van der Waals surface area contributed by atoms with Crippen LogP contribution in [0.15, 0.2) is 30.4 Å². The van der Waals surface area contributed by atoms with Crippen molar-refractivity contribution in [3.8, 4) is 0 Å². The second-order valence-corrected chi connectivity index (χ2v) is 5.10. The van der Waals surface area contributed by atoms with Crippen molar-refractivity contribution in [2.75, 3.05) is 12.1 Å². The first-order valence-electron chi connectivity index (χ1n) is 5.91. The Morgan fingerprint density at radius 2 is 2.09 bits per heavy atom. The molecule has 0 aromatic carbocycles. The lowest BCUT2D eigenvalue weighted by Crippen LogP contribution is -2.25. The molecule has 0 atom stereocenters. The molecule has 112 valence electrons. The van der Waals surface area contributed by atoms with Crippen molar-refractivity contribution in [2.24, 2.45) is 0 Å². The van der Waals surface area contributed by atoms with E-state index in [2.05, 4.69) is 15.0 Å². The molecule has 1 aliphatic rings. The number of nitrogens with zero attached hydrogens (tertiary/aromatic N) is 6. The Hall–Kier alpha value is -2.92. The molecule has 0 saturated carbocycles. The number of carbonyl (C=O) groups excluding carboxylic acids is 1. The van der Waals surface area contributed by atoms with Gasteiger partial charge in [-0.3, -0.25) is 4.79 Å². The van der Waals surface area contributed by atoms with Crippen LogP contribution < -0.4 is 5.06 Å². The first kappa shape index (κ1) is 14.0. The molecule has 1 saturated heterocycles. The number of thiazole rings is 1. The molecule has 0 unspecified atom stereocenters. The van der Waals surface area contributed by atoms with Gasteiger partial charge in [0.2, 0.25) is 0 Å². The molecule has 22 heavy (non-hydrogen) atoms. The van der Waals surface area contributed by atoms with E-state index in [4.69, 9.17) is 4.94 Å². The molecule has 0 N–H and O–H groups in total. The summed E-state index contributed by atoms with van der Waals surface area (Å²) in [5.74, 6) is -0.386. The van der Waals surface area contributed by atoms with E-state index in [-0.39, 0.29) is 16.8 Å². The van der Waals surface area contributed by atoms with Crippen LogP contribution in [0.25, 0.3) is 6.08 Å². The summed E-state index contributed by atoms with van der Waals surface area (Å²) in [5, 5.41) is 12.5. The molecule has 2 aromatic heterocycles. The quantitative estimate of drug-likeness (QED) is 0.467. The molecule has 0 spiro atoms. The van der Waals surface area contributed by atoms with Gasteiger partial charge in [0.05, 0.1) is 4.88 Å². The van der Waals surface area contributed by atoms with Gasteiger partial charge in [0, 0.05) is 19.4 Å². The molecule has 1 amide bonds. The summed E-state index contributed by atoms with van der Waals surface area (Å²) in [6.45, 7) is 0. The van der Waals surface area contributed by atoms with Crippen molar-refractivity contribution in [3.05, 3.63) is 45.3 Å². The van der Waals surface area contributed by atoms with Crippen LogP contribution in [0.1, 0.15) is 4.88 Å². The van der Waals surface area contributed by atoms with E-state index in [0.29, 0.717) is 4.88 Å². The summed E-state index contributed by atoms with van der Waals surface area (Å²) >= 11 is 0.858. The summed E-state index contributed by atoms with van der Waals surface area (Å²) in [4.78, 5) is 39.6. The zero-order valence-corrected chi connectivity index (χ0v) is 11.9. The van der Waals surface area contributed by atoms with Gasteiger partial charge in [-0.05, 0) is 33.4 Å². The highest BCUT2D eigenvalue weighted by atomic mass is 32.1. The summed E-state index contributed by atoms with van der Waals surface area (Å²) in [7, 11) is 1.53. The number of hydrogen-bond acceptors (Lipinski definition) is 9. The Morgan fingerprint density at radius 3 is 2.73 bits per heavy atom. The second kappa shape index (κ2) is 5.46. The van der Waals surface area contributed by atoms with Gasteiger partial charge in [-0.15, -0.1) is 10.0 Å². The van der Waals surface area contributed by atoms with Crippen LogP contribution in [-0.4, -0.2) is 37.9 Å². The van der Waals surface area contributed by atoms with Crippen LogP contribution in [0, 0.1) is 10.1 Å². The van der Waals surface area contributed by atoms with E-state index in [1.54, 1.807) is 6.07 Å². The van der Waals surface area contributed by atoms with Crippen molar-refractivity contribution < 1.29 is 14.7 Å². The fourth-order valence-electron chi connectivity index (χ4n) is 1.68. The van der Waals surface area contributed by atoms with Crippen LogP contribution in [0.5, 0.6) is 0 Å². The zero-order chi connectivity index (χ0) is 15.7. The maximum Gasteiger partial charge on any atom is 0.423 e. The van der Waals surface area contributed by atoms with Crippen molar-refractivity contribution in [1.29, 1.82) is 0 Å². The predicted molar refractivity (Wildman–Crippen MR) is 75.1 cm³/mol. The zero-order valence-electron chi connectivity index (χ0n) is 11.1. The number of hydrogen-bond donors (Lipinski definition) is 0. The largest absolute Gasteiger partial charge is 0.423 e. The Kier molecular flexibility index (Phi) is 3.48. The summed E-state index contributed by atoms with van der Waals surface area (Å²) < 4.78 is 0. The molecule has 1 fully saturated rings. The number of anilines is 1. The number of carbonyl (C=O) groups is 1. The number of amides is 1. The lowest BCUT2D eigenvalue weighted by molar-refractivity contribution is -0.384. The summed E-state index contributed by atoms with van der Waals surface area (Å²) in [6, 6.07) is 1.61. The molecule has 0 aliphatic carbocycles. The van der Waals surface area contributed by atoms with Gasteiger partial charge in [0.15, 0.2) is 6.20 Å². The monoisotopic (exact) mass is 320 g/mol. The van der Waals surface area contributed by atoms with Gasteiger partial charge in [-0.25, -0.2) is 15.0 Å². The van der Waals surface area contributed by atoms with E-state index in [1.807, 2.05) is 0 Å². The van der Waals surface area contributed by atoms with Crippen LogP contribution in [0.2, 0.25) is 0 Å². The third-order valence-electron chi connectivity index (χ3n) is 2.63. The number of aromatic nitrogens is 3. The van der Waals surface area contributed by atoms with Crippen molar-refractivity contribution in [3.63, 3.8) is 0 Å². The van der Waals surface area contributed by atoms with Gasteiger partial charge in [0.1, 0.15) is 5.70 Å². The van der Waals surface area contributed by atoms with Gasteiger partial charge in [0.25, 0.3) is 5.95 Å². The number of hydroxylamine groups is 3. The van der Waals surface area contributed by atoms with Gasteiger partial charge in [-0.2, -0.15) is 0 Å². The lowest BCUT2D eigenvalue weighted by Gasteiger charge is -2.10. The fourth-order valence-corrected chi connectivity index (χ4v) is 2.35. The SMILES string of the molecule is CN1ON(c2ncccn2)C(=O)/C1=C\c1cnc([N+](=O)[O-])s1. The fraction of sp³-hybridized carbons (Fsp3) is 0.0909. The lowest BCUT2D eigenvalue weighted by atomic mass is 10.3. The average molecular weight is 320 g/mol. The van der Waals surface area contributed by atoms with Gasteiger partial charge >= 0.3 is 11.0 Å². The minimum absolute atomic E-state index is 0.0954. The summed E-state index contributed by atoms with van der Waals surface area (Å²) in [6.07, 6.45) is 5.73. The maximum atomic E-state index is 12.3. The van der Waals surface area contributed by atoms with Crippen LogP contribution in [0.4, 0.5) is 11.1 Å². The Balaban J connectivity index is 1.89. The predicted octanol–water partition coefficient (Wildman–Crippen LogP) is 1.01. The minimum Gasteiger partial charge on any atom is -0.357 e. The van der Waals surface area contributed by atoms with E-state index in [9.17, 15) is 14.9 Å². The third-order valence-corrected chi connectivity index (χ3v) is 3.52.